The Morgan fingerprint density at radius 1 is 0.373 bits per heavy atom. The molecule has 7 aromatic rings. The van der Waals surface area contributed by atoms with Crippen LogP contribution in [0, 0.1) is 0 Å². The molecule has 0 fully saturated rings. The Morgan fingerprint density at radius 3 is 1.67 bits per heavy atom. The number of unbranched alkanes of at least 4 members (excludes halogenated alkanes) is 9. The van der Waals surface area contributed by atoms with Crippen LogP contribution in [0.1, 0.15) is 87.8 Å². The van der Waals surface area contributed by atoms with E-state index in [4.69, 9.17) is 0 Å². The predicted octanol–water partition coefficient (Wildman–Crippen LogP) is 15.0. The van der Waals surface area contributed by atoms with Gasteiger partial charge in [-0.3, -0.25) is 0 Å². The van der Waals surface area contributed by atoms with E-state index in [-0.39, 0.29) is 0 Å². The molecule has 0 unspecified atom stereocenters. The maximum atomic E-state index is 2.46. The van der Waals surface area contributed by atoms with Crippen molar-refractivity contribution in [3.8, 4) is 33.4 Å². The number of rotatable bonds is 16. The Morgan fingerprint density at radius 2 is 0.941 bits per heavy atom. The molecular formula is C51H52. The highest BCUT2D eigenvalue weighted by molar-refractivity contribution is 6.11. The van der Waals surface area contributed by atoms with Gasteiger partial charge in [-0.25, -0.2) is 0 Å². The molecule has 0 N–H and O–H groups in total. The molecule has 7 aromatic carbocycles. The van der Waals surface area contributed by atoms with Crippen molar-refractivity contribution in [2.24, 2.45) is 0 Å². The Labute approximate surface area is 306 Å². The minimum atomic E-state index is 0.905. The molecule has 0 nitrogen and oxygen atoms in total. The second-order valence-electron chi connectivity index (χ2n) is 14.3. The van der Waals surface area contributed by atoms with Gasteiger partial charge in [-0.15, -0.1) is 0 Å². The van der Waals surface area contributed by atoms with Crippen LogP contribution in [-0.2, 0) is 12.8 Å². The second-order valence-corrected chi connectivity index (χ2v) is 14.3. The first-order valence-corrected chi connectivity index (χ1v) is 19.6. The van der Waals surface area contributed by atoms with Crippen molar-refractivity contribution in [2.45, 2.75) is 84.0 Å². The number of hydrogen-bond donors (Lipinski definition) is 0. The quantitative estimate of drug-likeness (QED) is 0.0902. The van der Waals surface area contributed by atoms with Crippen molar-refractivity contribution in [3.63, 3.8) is 0 Å². The van der Waals surface area contributed by atoms with Gasteiger partial charge in [0.2, 0.25) is 0 Å². The lowest BCUT2D eigenvalue weighted by Gasteiger charge is -2.24. The molecule has 0 aliphatic carbocycles. The Hall–Kier alpha value is -4.94. The smallest absolute Gasteiger partial charge is 0.00166 e. The lowest BCUT2D eigenvalue weighted by molar-refractivity contribution is 0.556. The van der Waals surface area contributed by atoms with E-state index in [0.29, 0.717) is 0 Å². The highest BCUT2D eigenvalue weighted by Crippen LogP contribution is 2.47. The first-order chi connectivity index (χ1) is 25.3. The Kier molecular flexibility index (Phi) is 11.7. The summed E-state index contributed by atoms with van der Waals surface area (Å²) in [5.74, 6) is 0. The predicted molar refractivity (Wildman–Crippen MR) is 223 cm³/mol. The molecule has 0 aromatic heterocycles. The molecule has 0 aliphatic heterocycles. The Balaban J connectivity index is 1.38. The molecule has 0 amide bonds. The van der Waals surface area contributed by atoms with E-state index >= 15 is 0 Å². The number of hydrogen-bond acceptors (Lipinski definition) is 0. The molecule has 0 spiro atoms. The molecule has 0 atom stereocenters. The number of fused-ring (bicyclic) bond motifs is 2. The summed E-state index contributed by atoms with van der Waals surface area (Å²) in [6.07, 6.45) is 15.5. The highest BCUT2D eigenvalue weighted by Gasteiger charge is 2.22. The zero-order valence-corrected chi connectivity index (χ0v) is 30.4. The summed E-state index contributed by atoms with van der Waals surface area (Å²) < 4.78 is 0. The van der Waals surface area contributed by atoms with Crippen molar-refractivity contribution in [3.05, 3.63) is 168 Å². The van der Waals surface area contributed by atoms with Crippen LogP contribution in [-0.4, -0.2) is 0 Å². The minimum absolute atomic E-state index is 0.905. The fourth-order valence-electron chi connectivity index (χ4n) is 8.10. The molecule has 0 aliphatic rings. The van der Waals surface area contributed by atoms with Gasteiger partial charge >= 0.3 is 0 Å². The summed E-state index contributed by atoms with van der Waals surface area (Å²) in [6.45, 7) is 2.30. The Bertz CT molecular complexity index is 2150. The van der Waals surface area contributed by atoms with Gasteiger partial charge in [-0.05, 0) is 90.9 Å². The van der Waals surface area contributed by atoms with E-state index in [1.165, 1.54) is 136 Å². The van der Waals surface area contributed by atoms with Crippen LogP contribution in [0.5, 0.6) is 0 Å². The topological polar surface area (TPSA) is 0 Å². The molecular weight excluding hydrogens is 613 g/mol. The van der Waals surface area contributed by atoms with Crippen molar-refractivity contribution in [1.29, 1.82) is 0 Å². The van der Waals surface area contributed by atoms with Crippen molar-refractivity contribution < 1.29 is 0 Å². The summed E-state index contributed by atoms with van der Waals surface area (Å²) in [6, 6.07) is 56.4. The molecule has 256 valence electrons. The number of benzene rings is 7. The summed E-state index contributed by atoms with van der Waals surface area (Å²) in [5, 5.41) is 5.16. The first kappa shape index (κ1) is 34.5. The van der Waals surface area contributed by atoms with Gasteiger partial charge in [-0.2, -0.15) is 0 Å². The molecule has 51 heavy (non-hydrogen) atoms. The summed E-state index contributed by atoms with van der Waals surface area (Å²) in [7, 11) is 0. The van der Waals surface area contributed by atoms with Gasteiger partial charge in [0.05, 0.1) is 0 Å². The standard InChI is InChI=1S/C51H52/c1-2-3-4-5-6-7-8-9-10-15-27-43-34-36-46(41-25-16-12-17-26-41)51(49(43)38-39-23-13-11-14-24-39)50-45-32-21-19-29-42(45)35-37-48(50)47-33-22-30-40-28-18-20-31-44(40)47/h11-14,16-26,28-37H,2-10,15,27,38H2,1H3. The van der Waals surface area contributed by atoms with Gasteiger partial charge in [0.15, 0.2) is 0 Å². The van der Waals surface area contributed by atoms with Crippen LogP contribution in [0.3, 0.4) is 0 Å². The van der Waals surface area contributed by atoms with E-state index < -0.39 is 0 Å². The van der Waals surface area contributed by atoms with Gasteiger partial charge in [0, 0.05) is 0 Å². The largest absolute Gasteiger partial charge is 0.0654 e. The molecule has 0 radical (unpaired) electrons. The van der Waals surface area contributed by atoms with Gasteiger partial charge in [0.25, 0.3) is 0 Å². The summed E-state index contributed by atoms with van der Waals surface area (Å²) in [5.41, 5.74) is 12.2. The van der Waals surface area contributed by atoms with Gasteiger partial charge in [0.1, 0.15) is 0 Å². The van der Waals surface area contributed by atoms with Crippen molar-refractivity contribution in [1.82, 2.24) is 0 Å². The monoisotopic (exact) mass is 664 g/mol. The lowest BCUT2D eigenvalue weighted by Crippen LogP contribution is -2.03. The fourth-order valence-corrected chi connectivity index (χ4v) is 8.10. The van der Waals surface area contributed by atoms with E-state index in [9.17, 15) is 0 Å². The third-order valence-corrected chi connectivity index (χ3v) is 10.8. The summed E-state index contributed by atoms with van der Waals surface area (Å²) in [4.78, 5) is 0. The minimum Gasteiger partial charge on any atom is -0.0654 e. The zero-order chi connectivity index (χ0) is 34.7. The lowest BCUT2D eigenvalue weighted by atomic mass is 9.79. The van der Waals surface area contributed by atoms with Crippen LogP contribution < -0.4 is 0 Å². The van der Waals surface area contributed by atoms with Crippen LogP contribution in [0.2, 0.25) is 0 Å². The first-order valence-electron chi connectivity index (χ1n) is 19.6. The van der Waals surface area contributed by atoms with E-state index in [2.05, 4.69) is 159 Å². The zero-order valence-electron chi connectivity index (χ0n) is 30.4. The van der Waals surface area contributed by atoms with Crippen LogP contribution >= 0.6 is 0 Å². The van der Waals surface area contributed by atoms with Gasteiger partial charge < -0.3 is 0 Å². The van der Waals surface area contributed by atoms with Gasteiger partial charge in [-0.1, -0.05) is 216 Å². The maximum Gasteiger partial charge on any atom is -0.00166 e. The van der Waals surface area contributed by atoms with Crippen LogP contribution in [0.4, 0.5) is 0 Å². The highest BCUT2D eigenvalue weighted by atomic mass is 14.3. The van der Waals surface area contributed by atoms with E-state index in [0.717, 1.165) is 12.8 Å². The summed E-state index contributed by atoms with van der Waals surface area (Å²) >= 11 is 0. The van der Waals surface area contributed by atoms with Crippen molar-refractivity contribution in [2.75, 3.05) is 0 Å². The normalized spacial score (nSPS) is 11.4. The van der Waals surface area contributed by atoms with Crippen LogP contribution in [0.15, 0.2) is 152 Å². The fraction of sp³-hybridized carbons (Fsp3) is 0.255. The molecule has 0 saturated heterocycles. The molecule has 0 heteroatoms. The third-order valence-electron chi connectivity index (χ3n) is 10.8. The molecule has 0 saturated carbocycles. The van der Waals surface area contributed by atoms with E-state index in [1.54, 1.807) is 0 Å². The number of aryl methyl sites for hydroxylation is 1. The average molecular weight is 665 g/mol. The maximum absolute atomic E-state index is 2.46. The van der Waals surface area contributed by atoms with Crippen molar-refractivity contribution >= 4 is 21.5 Å². The molecule has 7 rings (SSSR count). The third kappa shape index (κ3) is 8.18. The average Bonchev–Trinajstić information content (AvgIpc) is 3.19. The van der Waals surface area contributed by atoms with Crippen LogP contribution in [0.25, 0.3) is 54.9 Å². The molecule has 0 heterocycles. The van der Waals surface area contributed by atoms with E-state index in [1.807, 2.05) is 0 Å². The second kappa shape index (κ2) is 17.3. The molecule has 0 bridgehead atoms. The SMILES string of the molecule is CCCCCCCCCCCCc1ccc(-c2ccccc2)c(-c2c(-c3cccc4ccccc34)ccc3ccccc23)c1Cc1ccccc1.